The zero-order valence-electron chi connectivity index (χ0n) is 14.6. The Morgan fingerprint density at radius 3 is 3.04 bits per heavy atom. The highest BCUT2D eigenvalue weighted by molar-refractivity contribution is 5.72. The summed E-state index contributed by atoms with van der Waals surface area (Å²) in [6.45, 7) is 6.52. The van der Waals surface area contributed by atoms with Gasteiger partial charge in [-0.3, -0.25) is 4.98 Å². The summed E-state index contributed by atoms with van der Waals surface area (Å²) in [5, 5.41) is 12.8. The van der Waals surface area contributed by atoms with Crippen molar-refractivity contribution in [2.75, 3.05) is 18.0 Å². The van der Waals surface area contributed by atoms with Gasteiger partial charge in [0.25, 0.3) is 0 Å². The van der Waals surface area contributed by atoms with E-state index < -0.39 is 0 Å². The summed E-state index contributed by atoms with van der Waals surface area (Å²) in [4.78, 5) is 6.69. The number of pyridine rings is 1. The Labute approximate surface area is 146 Å². The Morgan fingerprint density at radius 1 is 1.28 bits per heavy atom. The van der Waals surface area contributed by atoms with Gasteiger partial charge in [0.15, 0.2) is 0 Å². The second-order valence-corrected chi connectivity index (χ2v) is 6.50. The van der Waals surface area contributed by atoms with Gasteiger partial charge < -0.3 is 9.64 Å². The highest BCUT2D eigenvalue weighted by Crippen LogP contribution is 2.29. The van der Waals surface area contributed by atoms with Crippen LogP contribution in [0.2, 0.25) is 0 Å². The third kappa shape index (κ3) is 3.19. The Kier molecular flexibility index (Phi) is 4.31. The van der Waals surface area contributed by atoms with E-state index in [1.807, 2.05) is 25.1 Å². The molecule has 1 saturated heterocycles. The van der Waals surface area contributed by atoms with Crippen molar-refractivity contribution < 1.29 is 4.74 Å². The van der Waals surface area contributed by atoms with Crippen molar-refractivity contribution in [1.29, 1.82) is 0 Å². The molecule has 0 saturated carbocycles. The van der Waals surface area contributed by atoms with Gasteiger partial charge in [0, 0.05) is 19.3 Å². The maximum absolute atomic E-state index is 6.12. The average molecular weight is 338 g/mol. The number of ether oxygens (including phenoxy) is 1. The maximum Gasteiger partial charge on any atom is 0.201 e. The number of aromatic nitrogens is 5. The molecule has 7 heteroatoms. The van der Waals surface area contributed by atoms with E-state index in [2.05, 4.69) is 32.1 Å². The van der Waals surface area contributed by atoms with Gasteiger partial charge in [-0.1, -0.05) is 6.07 Å². The zero-order valence-corrected chi connectivity index (χ0v) is 14.6. The molecule has 4 rings (SSSR count). The summed E-state index contributed by atoms with van der Waals surface area (Å²) in [6.07, 6.45) is 5.80. The van der Waals surface area contributed by atoms with Crippen LogP contribution in [0.1, 0.15) is 29.8 Å². The van der Waals surface area contributed by atoms with Crippen molar-refractivity contribution in [3.63, 3.8) is 0 Å². The summed E-state index contributed by atoms with van der Waals surface area (Å²) < 4.78 is 7.88. The van der Waals surface area contributed by atoms with Gasteiger partial charge in [0.05, 0.1) is 29.8 Å². The van der Waals surface area contributed by atoms with Crippen molar-refractivity contribution in [1.82, 2.24) is 24.8 Å². The van der Waals surface area contributed by atoms with E-state index in [1.165, 1.54) is 0 Å². The number of piperidine rings is 1. The Morgan fingerprint density at radius 2 is 2.20 bits per heavy atom. The summed E-state index contributed by atoms with van der Waals surface area (Å²) in [5.74, 6) is 0. The smallest absolute Gasteiger partial charge is 0.201 e. The van der Waals surface area contributed by atoms with Gasteiger partial charge in [0.2, 0.25) is 5.65 Å². The second-order valence-electron chi connectivity index (χ2n) is 6.50. The van der Waals surface area contributed by atoms with Crippen LogP contribution in [0.4, 0.5) is 5.69 Å². The summed E-state index contributed by atoms with van der Waals surface area (Å²) in [6, 6.07) is 5.91. The molecule has 0 N–H and O–H groups in total. The van der Waals surface area contributed by atoms with Crippen LogP contribution >= 0.6 is 0 Å². The molecule has 0 aliphatic carbocycles. The maximum atomic E-state index is 6.12. The lowest BCUT2D eigenvalue weighted by atomic mass is 10.1. The standard InChI is InChI=1S/C18H22N6O/c1-13-14(2)22-24-12-20-21-18(24)17(13)23-9-5-7-16(10-23)25-11-15-6-3-4-8-19-15/h3-4,6,8,12,16H,5,7,9-11H2,1-2H3. The average Bonchev–Trinajstić information content (AvgIpc) is 3.10. The molecule has 3 aromatic rings. The molecule has 0 bridgehead atoms. The van der Waals surface area contributed by atoms with Gasteiger partial charge >= 0.3 is 0 Å². The summed E-state index contributed by atoms with van der Waals surface area (Å²) >= 11 is 0. The van der Waals surface area contributed by atoms with Gasteiger partial charge in [0.1, 0.15) is 6.33 Å². The molecule has 130 valence electrons. The van der Waals surface area contributed by atoms with Gasteiger partial charge in [-0.05, 0) is 44.4 Å². The van der Waals surface area contributed by atoms with Crippen LogP contribution in [0.5, 0.6) is 0 Å². The molecule has 1 atom stereocenters. The quantitative estimate of drug-likeness (QED) is 0.727. The molecule has 1 unspecified atom stereocenters. The number of nitrogens with zero attached hydrogens (tertiary/aromatic N) is 6. The fourth-order valence-electron chi connectivity index (χ4n) is 3.38. The monoisotopic (exact) mass is 338 g/mol. The van der Waals surface area contributed by atoms with Crippen LogP contribution in [0, 0.1) is 13.8 Å². The van der Waals surface area contributed by atoms with Gasteiger partial charge in [-0.25, -0.2) is 0 Å². The molecule has 7 nitrogen and oxygen atoms in total. The van der Waals surface area contributed by atoms with Crippen LogP contribution < -0.4 is 4.90 Å². The van der Waals surface area contributed by atoms with Crippen molar-refractivity contribution in [2.45, 2.75) is 39.4 Å². The van der Waals surface area contributed by atoms with Crippen LogP contribution in [0.15, 0.2) is 30.7 Å². The summed E-state index contributed by atoms with van der Waals surface area (Å²) in [5.41, 5.74) is 5.06. The molecule has 0 radical (unpaired) electrons. The number of fused-ring (bicyclic) bond motifs is 1. The molecule has 25 heavy (non-hydrogen) atoms. The molecule has 1 fully saturated rings. The van der Waals surface area contributed by atoms with Crippen LogP contribution in [-0.2, 0) is 11.3 Å². The highest BCUT2D eigenvalue weighted by atomic mass is 16.5. The van der Waals surface area contributed by atoms with E-state index in [0.717, 1.165) is 54.2 Å². The third-order valence-corrected chi connectivity index (χ3v) is 4.79. The van der Waals surface area contributed by atoms with E-state index in [4.69, 9.17) is 4.74 Å². The molecular formula is C18H22N6O. The normalized spacial score (nSPS) is 18.0. The van der Waals surface area contributed by atoms with Gasteiger partial charge in [-0.2, -0.15) is 9.61 Å². The molecule has 4 heterocycles. The first-order valence-corrected chi connectivity index (χ1v) is 8.66. The third-order valence-electron chi connectivity index (χ3n) is 4.79. The number of hydrogen-bond donors (Lipinski definition) is 0. The van der Waals surface area contributed by atoms with Crippen molar-refractivity contribution in [2.24, 2.45) is 0 Å². The van der Waals surface area contributed by atoms with Crippen molar-refractivity contribution >= 4 is 11.3 Å². The highest BCUT2D eigenvalue weighted by Gasteiger charge is 2.25. The first-order chi connectivity index (χ1) is 12.2. The van der Waals surface area contributed by atoms with E-state index in [-0.39, 0.29) is 6.10 Å². The first kappa shape index (κ1) is 16.0. The molecule has 1 aliphatic heterocycles. The zero-order chi connectivity index (χ0) is 17.2. The Balaban J connectivity index is 1.53. The first-order valence-electron chi connectivity index (χ1n) is 8.66. The van der Waals surface area contributed by atoms with Gasteiger partial charge in [-0.15, -0.1) is 10.2 Å². The molecule has 0 amide bonds. The van der Waals surface area contributed by atoms with E-state index in [1.54, 1.807) is 17.0 Å². The lowest BCUT2D eigenvalue weighted by Gasteiger charge is -2.35. The molecular weight excluding hydrogens is 316 g/mol. The number of hydrogen-bond acceptors (Lipinski definition) is 6. The minimum Gasteiger partial charge on any atom is -0.370 e. The second kappa shape index (κ2) is 6.76. The lowest BCUT2D eigenvalue weighted by molar-refractivity contribution is 0.0298. The topological polar surface area (TPSA) is 68.4 Å². The fourth-order valence-corrected chi connectivity index (χ4v) is 3.38. The van der Waals surface area contributed by atoms with E-state index in [9.17, 15) is 0 Å². The SMILES string of the molecule is Cc1nn2cnnc2c(N2CCCC(OCc3ccccn3)C2)c1C. The summed E-state index contributed by atoms with van der Waals surface area (Å²) in [7, 11) is 0. The minimum atomic E-state index is 0.187. The number of anilines is 1. The lowest BCUT2D eigenvalue weighted by Crippen LogP contribution is -2.40. The number of rotatable bonds is 4. The molecule has 0 aromatic carbocycles. The Bertz CT molecular complexity index is 863. The fraction of sp³-hybridized carbons (Fsp3) is 0.444. The Hall–Kier alpha value is -2.54. The predicted octanol–water partition coefficient (Wildman–Crippen LogP) is 2.32. The number of aryl methyl sites for hydroxylation is 1. The van der Waals surface area contributed by atoms with E-state index >= 15 is 0 Å². The van der Waals surface area contributed by atoms with Crippen LogP contribution in [0.25, 0.3) is 5.65 Å². The molecule has 3 aromatic heterocycles. The molecule has 0 spiro atoms. The van der Waals surface area contributed by atoms with E-state index in [0.29, 0.717) is 6.61 Å². The largest absolute Gasteiger partial charge is 0.370 e. The predicted molar refractivity (Wildman–Crippen MR) is 94.5 cm³/mol. The minimum absolute atomic E-state index is 0.187. The van der Waals surface area contributed by atoms with Crippen molar-refractivity contribution in [3.8, 4) is 0 Å². The molecule has 1 aliphatic rings. The van der Waals surface area contributed by atoms with Crippen LogP contribution in [0.3, 0.4) is 0 Å². The van der Waals surface area contributed by atoms with Crippen molar-refractivity contribution in [3.05, 3.63) is 47.7 Å². The van der Waals surface area contributed by atoms with Crippen LogP contribution in [-0.4, -0.2) is 44.0 Å².